The summed E-state index contributed by atoms with van der Waals surface area (Å²) in [5.41, 5.74) is 5.69. The molecule has 0 saturated heterocycles. The van der Waals surface area contributed by atoms with Crippen molar-refractivity contribution in [3.05, 3.63) is 59.7 Å². The molecule has 2 aromatic carbocycles. The molecular formula is C48H86Cl2N2. The Morgan fingerprint density at radius 1 is 0.308 bits per heavy atom. The van der Waals surface area contributed by atoms with Gasteiger partial charge in [0, 0.05) is 11.1 Å². The minimum absolute atomic E-state index is 0. The third kappa shape index (κ3) is 23.7. The molecule has 2 aromatic rings. The van der Waals surface area contributed by atoms with E-state index in [0.29, 0.717) is 0 Å². The van der Waals surface area contributed by atoms with E-state index >= 15 is 0 Å². The van der Waals surface area contributed by atoms with Crippen LogP contribution < -0.4 is 24.8 Å². The SMILES string of the molecule is CCCCCCCCCCCC[N+](C)(CCCC)Cc1ccc(-c2ccc(C[N+](C)(CCCC)CCCCCCCCCCCC)cc2)cc1.[Cl-].[Cl-]. The average Bonchev–Trinajstić information content (AvgIpc) is 3.12. The number of unbranched alkanes of at least 4 members (excludes halogenated alkanes) is 20. The molecule has 0 amide bonds. The highest BCUT2D eigenvalue weighted by Crippen LogP contribution is 2.25. The summed E-state index contributed by atoms with van der Waals surface area (Å²) in [4.78, 5) is 0. The van der Waals surface area contributed by atoms with Gasteiger partial charge in [0.1, 0.15) is 13.1 Å². The Morgan fingerprint density at radius 2 is 0.538 bits per heavy atom. The Labute approximate surface area is 338 Å². The fraction of sp³-hybridized carbons (Fsp3) is 0.750. The maximum atomic E-state index is 2.51. The number of halogens is 2. The molecule has 0 saturated carbocycles. The van der Waals surface area contributed by atoms with Gasteiger partial charge < -0.3 is 33.8 Å². The second kappa shape index (κ2) is 32.2. The average molecular weight is 762 g/mol. The number of hydrogen-bond acceptors (Lipinski definition) is 0. The van der Waals surface area contributed by atoms with Crippen LogP contribution in [-0.4, -0.2) is 49.2 Å². The molecular weight excluding hydrogens is 675 g/mol. The first-order valence-electron chi connectivity index (χ1n) is 22.2. The van der Waals surface area contributed by atoms with Crippen molar-refractivity contribution in [1.82, 2.24) is 0 Å². The highest BCUT2D eigenvalue weighted by molar-refractivity contribution is 5.63. The molecule has 302 valence electrons. The van der Waals surface area contributed by atoms with Crippen molar-refractivity contribution < 1.29 is 33.8 Å². The van der Waals surface area contributed by atoms with Crippen LogP contribution in [0.3, 0.4) is 0 Å². The van der Waals surface area contributed by atoms with Crippen molar-refractivity contribution in [3.63, 3.8) is 0 Å². The summed E-state index contributed by atoms with van der Waals surface area (Å²) in [5, 5.41) is 0. The highest BCUT2D eigenvalue weighted by Gasteiger charge is 2.22. The molecule has 0 aliphatic heterocycles. The van der Waals surface area contributed by atoms with Gasteiger partial charge in [0.2, 0.25) is 0 Å². The lowest BCUT2D eigenvalue weighted by Gasteiger charge is -2.35. The molecule has 0 aliphatic rings. The van der Waals surface area contributed by atoms with E-state index in [4.69, 9.17) is 0 Å². The molecule has 0 fully saturated rings. The van der Waals surface area contributed by atoms with Crippen molar-refractivity contribution >= 4 is 0 Å². The van der Waals surface area contributed by atoms with E-state index < -0.39 is 0 Å². The lowest BCUT2D eigenvalue weighted by molar-refractivity contribution is -0.923. The zero-order valence-electron chi connectivity index (χ0n) is 35.5. The number of nitrogens with zero attached hydrogens (tertiary/aromatic N) is 2. The summed E-state index contributed by atoms with van der Waals surface area (Å²) in [6, 6.07) is 19.2. The molecule has 52 heavy (non-hydrogen) atoms. The maximum Gasteiger partial charge on any atom is 0.104 e. The normalized spacial score (nSPS) is 13.6. The second-order valence-electron chi connectivity index (χ2n) is 16.9. The van der Waals surface area contributed by atoms with Crippen LogP contribution in [0.15, 0.2) is 48.5 Å². The maximum absolute atomic E-state index is 2.51. The van der Waals surface area contributed by atoms with Crippen molar-refractivity contribution in [2.24, 2.45) is 0 Å². The molecule has 0 bridgehead atoms. The van der Waals surface area contributed by atoms with Gasteiger partial charge in [-0.2, -0.15) is 0 Å². The van der Waals surface area contributed by atoms with Gasteiger partial charge in [0.25, 0.3) is 0 Å². The molecule has 2 nitrogen and oxygen atoms in total. The quantitative estimate of drug-likeness (QED) is 0.0505. The fourth-order valence-corrected chi connectivity index (χ4v) is 8.07. The Balaban J connectivity index is 0.0000130. The van der Waals surface area contributed by atoms with E-state index in [1.54, 1.807) is 0 Å². The molecule has 0 radical (unpaired) electrons. The molecule has 0 aliphatic carbocycles. The first kappa shape index (κ1) is 50.9. The first-order chi connectivity index (χ1) is 24.4. The molecule has 2 atom stereocenters. The minimum Gasteiger partial charge on any atom is -1.00 e. The summed E-state index contributed by atoms with van der Waals surface area (Å²) in [6.45, 7) is 16.8. The van der Waals surface area contributed by atoms with Gasteiger partial charge in [0.15, 0.2) is 0 Å². The lowest BCUT2D eigenvalue weighted by Crippen LogP contribution is -3.00. The highest BCUT2D eigenvalue weighted by atomic mass is 35.5. The van der Waals surface area contributed by atoms with Gasteiger partial charge in [-0.3, -0.25) is 0 Å². The molecule has 2 unspecified atom stereocenters. The minimum atomic E-state index is 0. The van der Waals surface area contributed by atoms with Gasteiger partial charge >= 0.3 is 0 Å². The van der Waals surface area contributed by atoms with Crippen LogP contribution in [0.4, 0.5) is 0 Å². The smallest absolute Gasteiger partial charge is 0.104 e. The summed E-state index contributed by atoms with van der Waals surface area (Å²) in [5.74, 6) is 0. The van der Waals surface area contributed by atoms with E-state index in [2.05, 4.69) is 90.3 Å². The van der Waals surface area contributed by atoms with Crippen LogP contribution in [0.25, 0.3) is 11.1 Å². The Hall–Kier alpha value is -1.06. The summed E-state index contributed by atoms with van der Waals surface area (Å²) >= 11 is 0. The Kier molecular flexibility index (Phi) is 31.6. The monoisotopic (exact) mass is 761 g/mol. The molecule has 0 spiro atoms. The van der Waals surface area contributed by atoms with Gasteiger partial charge in [-0.1, -0.05) is 192 Å². The Bertz CT molecular complexity index is 970. The van der Waals surface area contributed by atoms with Crippen LogP contribution in [0.5, 0.6) is 0 Å². The molecule has 2 rings (SSSR count). The van der Waals surface area contributed by atoms with E-state index in [1.807, 2.05) is 0 Å². The van der Waals surface area contributed by atoms with Gasteiger partial charge in [0.05, 0.1) is 40.3 Å². The number of rotatable bonds is 33. The molecule has 0 aromatic heterocycles. The molecule has 4 heteroatoms. The predicted molar refractivity (Wildman–Crippen MR) is 225 cm³/mol. The Morgan fingerprint density at radius 3 is 0.808 bits per heavy atom. The van der Waals surface area contributed by atoms with Crippen LogP contribution >= 0.6 is 0 Å². The number of benzene rings is 2. The van der Waals surface area contributed by atoms with E-state index in [-0.39, 0.29) is 24.8 Å². The van der Waals surface area contributed by atoms with Crippen LogP contribution in [-0.2, 0) is 13.1 Å². The topological polar surface area (TPSA) is 0 Å². The van der Waals surface area contributed by atoms with E-state index in [9.17, 15) is 0 Å². The third-order valence-corrected chi connectivity index (χ3v) is 11.6. The van der Waals surface area contributed by atoms with E-state index in [0.717, 1.165) is 13.1 Å². The summed E-state index contributed by atoms with van der Waals surface area (Å²) in [7, 11) is 5.03. The third-order valence-electron chi connectivity index (χ3n) is 11.6. The zero-order valence-corrected chi connectivity index (χ0v) is 37.0. The van der Waals surface area contributed by atoms with Gasteiger partial charge in [-0.05, 0) is 49.7 Å². The van der Waals surface area contributed by atoms with Crippen molar-refractivity contribution in [1.29, 1.82) is 0 Å². The predicted octanol–water partition coefficient (Wildman–Crippen LogP) is 8.70. The molecule has 0 N–H and O–H groups in total. The fourth-order valence-electron chi connectivity index (χ4n) is 8.07. The summed E-state index contributed by atoms with van der Waals surface area (Å²) in [6.07, 6.45) is 33.6. The van der Waals surface area contributed by atoms with Gasteiger partial charge in [-0.25, -0.2) is 0 Å². The van der Waals surface area contributed by atoms with Crippen molar-refractivity contribution in [2.75, 3.05) is 40.3 Å². The van der Waals surface area contributed by atoms with E-state index in [1.165, 1.54) is 211 Å². The zero-order chi connectivity index (χ0) is 36.2. The first-order valence-corrected chi connectivity index (χ1v) is 22.2. The molecule has 0 heterocycles. The number of quaternary nitrogens is 2. The summed E-state index contributed by atoms with van der Waals surface area (Å²) < 4.78 is 2.38. The lowest BCUT2D eigenvalue weighted by atomic mass is 10.0. The van der Waals surface area contributed by atoms with Crippen LogP contribution in [0.1, 0.15) is 193 Å². The largest absolute Gasteiger partial charge is 1.00 e. The van der Waals surface area contributed by atoms with Crippen molar-refractivity contribution in [3.8, 4) is 11.1 Å². The van der Waals surface area contributed by atoms with Crippen LogP contribution in [0.2, 0.25) is 0 Å². The standard InChI is InChI=1S/C48H86N2.2ClH/c1-7-11-15-17-19-21-23-25-27-29-41-49(5,39-13-9-3)43-45-31-35-47(36-32-45)48-37-33-46(34-38-48)44-50(6,40-14-10-4)42-30-28-26-24-22-20-18-16-12-8-2;;/h31-38H,7-30,39-44H2,1-6H3;2*1H/q+2;;/p-2. The van der Waals surface area contributed by atoms with Crippen molar-refractivity contribution in [2.45, 2.75) is 195 Å². The number of hydrogen-bond donors (Lipinski definition) is 0. The van der Waals surface area contributed by atoms with Crippen LogP contribution in [0, 0.1) is 0 Å². The van der Waals surface area contributed by atoms with Gasteiger partial charge in [-0.15, -0.1) is 0 Å². The second-order valence-corrected chi connectivity index (χ2v) is 16.9.